The van der Waals surface area contributed by atoms with Gasteiger partial charge in [0.1, 0.15) is 18.1 Å². The van der Waals surface area contributed by atoms with Crippen molar-refractivity contribution in [2.75, 3.05) is 0 Å². The average molecular weight is 203 g/mol. The maximum atomic E-state index is 10.4. The number of aldehydes is 1. The van der Waals surface area contributed by atoms with Gasteiger partial charge in [0.25, 0.3) is 0 Å². The van der Waals surface area contributed by atoms with E-state index in [1.165, 1.54) is 0 Å². The number of rotatable bonds is 3. The van der Waals surface area contributed by atoms with Gasteiger partial charge in [-0.25, -0.2) is 0 Å². The van der Waals surface area contributed by atoms with Crippen molar-refractivity contribution in [1.29, 1.82) is 5.26 Å². The normalized spacial score (nSPS) is 11.8. The maximum absolute atomic E-state index is 10.4. The van der Waals surface area contributed by atoms with Crippen molar-refractivity contribution in [2.45, 2.75) is 26.2 Å². The molecule has 15 heavy (non-hydrogen) atoms. The summed E-state index contributed by atoms with van der Waals surface area (Å²) in [6.07, 6.45) is 1.29. The Morgan fingerprint density at radius 1 is 1.60 bits per heavy atom. The molecule has 0 heterocycles. The number of aryl methyl sites for hydroxylation is 1. The van der Waals surface area contributed by atoms with Gasteiger partial charge in [-0.2, -0.15) is 5.26 Å². The Morgan fingerprint density at radius 2 is 2.27 bits per heavy atom. The number of benzene rings is 1. The first-order chi connectivity index (χ1) is 7.10. The van der Waals surface area contributed by atoms with Crippen LogP contribution < -0.4 is 0 Å². The summed E-state index contributed by atoms with van der Waals surface area (Å²) in [7, 11) is 0. The summed E-state index contributed by atoms with van der Waals surface area (Å²) in [6.45, 7) is 3.66. The zero-order valence-corrected chi connectivity index (χ0v) is 8.82. The van der Waals surface area contributed by atoms with Crippen molar-refractivity contribution in [1.82, 2.24) is 0 Å². The Labute approximate surface area is 89.0 Å². The third-order valence-corrected chi connectivity index (χ3v) is 2.46. The topological polar surface area (TPSA) is 61.1 Å². The summed E-state index contributed by atoms with van der Waals surface area (Å²) in [6, 6.07) is 5.38. The predicted octanol–water partition coefficient (Wildman–Crippen LogP) is 2.26. The van der Waals surface area contributed by atoms with E-state index >= 15 is 0 Å². The van der Waals surface area contributed by atoms with E-state index in [1.54, 1.807) is 13.0 Å². The van der Waals surface area contributed by atoms with Gasteiger partial charge in [-0.05, 0) is 30.0 Å². The van der Waals surface area contributed by atoms with Crippen LogP contribution in [0.1, 0.15) is 36.0 Å². The van der Waals surface area contributed by atoms with Crippen LogP contribution in [0.5, 0.6) is 5.75 Å². The van der Waals surface area contributed by atoms with Crippen LogP contribution in [0.25, 0.3) is 0 Å². The summed E-state index contributed by atoms with van der Waals surface area (Å²) in [4.78, 5) is 10.4. The second-order valence-corrected chi connectivity index (χ2v) is 3.65. The molecule has 0 spiro atoms. The first-order valence-corrected chi connectivity index (χ1v) is 4.77. The highest BCUT2D eigenvalue weighted by Gasteiger charge is 2.11. The number of carbonyl (C=O) groups is 1. The van der Waals surface area contributed by atoms with Crippen LogP contribution in [0.4, 0.5) is 0 Å². The maximum Gasteiger partial charge on any atom is 0.136 e. The quantitative estimate of drug-likeness (QED) is 0.766. The summed E-state index contributed by atoms with van der Waals surface area (Å²) in [5.41, 5.74) is 1.85. The van der Waals surface area contributed by atoms with E-state index in [0.717, 1.165) is 11.8 Å². The average Bonchev–Trinajstić information content (AvgIpc) is 2.22. The second-order valence-electron chi connectivity index (χ2n) is 3.65. The number of carbonyl (C=O) groups excluding carboxylic acids is 1. The van der Waals surface area contributed by atoms with Crippen LogP contribution in [0, 0.1) is 18.3 Å². The van der Waals surface area contributed by atoms with Crippen LogP contribution in [0.15, 0.2) is 12.1 Å². The standard InChI is InChI=1S/C12H13NO2/c1-8(3-4-14)10-5-9(2)12(15)11(6-10)7-13/h4-6,8,15H,3H2,1-2H3. The molecule has 0 aliphatic carbocycles. The first-order valence-electron chi connectivity index (χ1n) is 4.77. The van der Waals surface area contributed by atoms with E-state index < -0.39 is 0 Å². The molecule has 0 fully saturated rings. The first kappa shape index (κ1) is 11.3. The zero-order valence-electron chi connectivity index (χ0n) is 8.82. The Morgan fingerprint density at radius 3 is 2.80 bits per heavy atom. The summed E-state index contributed by atoms with van der Waals surface area (Å²) < 4.78 is 0. The highest BCUT2D eigenvalue weighted by Crippen LogP contribution is 2.27. The van der Waals surface area contributed by atoms with Crippen LogP contribution >= 0.6 is 0 Å². The lowest BCUT2D eigenvalue weighted by Crippen LogP contribution is -1.96. The molecular formula is C12H13NO2. The van der Waals surface area contributed by atoms with Crippen molar-refractivity contribution in [3.05, 3.63) is 28.8 Å². The van der Waals surface area contributed by atoms with E-state index in [1.807, 2.05) is 19.1 Å². The van der Waals surface area contributed by atoms with Gasteiger partial charge in [0.15, 0.2) is 0 Å². The Kier molecular flexibility index (Phi) is 3.46. The number of hydrogen-bond donors (Lipinski definition) is 1. The number of phenolic OH excluding ortho intramolecular Hbond substituents is 1. The van der Waals surface area contributed by atoms with E-state index in [9.17, 15) is 9.90 Å². The van der Waals surface area contributed by atoms with Crippen molar-refractivity contribution in [2.24, 2.45) is 0 Å². The Balaban J connectivity index is 3.17. The third kappa shape index (κ3) is 2.35. The molecule has 0 saturated heterocycles. The van der Waals surface area contributed by atoms with Crippen molar-refractivity contribution in [3.8, 4) is 11.8 Å². The predicted molar refractivity (Wildman–Crippen MR) is 56.7 cm³/mol. The van der Waals surface area contributed by atoms with Crippen molar-refractivity contribution < 1.29 is 9.90 Å². The highest BCUT2D eigenvalue weighted by molar-refractivity contribution is 5.54. The SMILES string of the molecule is Cc1cc(C(C)CC=O)cc(C#N)c1O. The van der Waals surface area contributed by atoms with Gasteiger partial charge in [-0.3, -0.25) is 0 Å². The van der Waals surface area contributed by atoms with Gasteiger partial charge in [-0.15, -0.1) is 0 Å². The van der Waals surface area contributed by atoms with Gasteiger partial charge in [0.2, 0.25) is 0 Å². The van der Waals surface area contributed by atoms with Crippen LogP contribution in [0.2, 0.25) is 0 Å². The van der Waals surface area contributed by atoms with E-state index in [2.05, 4.69) is 0 Å². The van der Waals surface area contributed by atoms with Gasteiger partial charge in [-0.1, -0.05) is 13.0 Å². The molecule has 1 aromatic carbocycles. The molecule has 1 rings (SSSR count). The molecule has 0 aliphatic heterocycles. The molecule has 0 aromatic heterocycles. The minimum Gasteiger partial charge on any atom is -0.506 e. The molecule has 3 heteroatoms. The summed E-state index contributed by atoms with van der Waals surface area (Å²) in [5, 5.41) is 18.3. The fourth-order valence-electron chi connectivity index (χ4n) is 1.46. The molecule has 1 N–H and O–H groups in total. The fourth-order valence-corrected chi connectivity index (χ4v) is 1.46. The van der Waals surface area contributed by atoms with E-state index in [-0.39, 0.29) is 17.2 Å². The minimum atomic E-state index is 0.0274. The zero-order chi connectivity index (χ0) is 11.4. The summed E-state index contributed by atoms with van der Waals surface area (Å²) in [5.74, 6) is 0.105. The van der Waals surface area contributed by atoms with Gasteiger partial charge < -0.3 is 9.90 Å². The second kappa shape index (κ2) is 4.61. The Bertz CT molecular complexity index is 418. The number of aromatic hydroxyl groups is 1. The molecule has 1 aromatic rings. The number of phenols is 1. The molecule has 3 nitrogen and oxygen atoms in total. The van der Waals surface area contributed by atoms with Crippen LogP contribution in [-0.4, -0.2) is 11.4 Å². The lowest BCUT2D eigenvalue weighted by atomic mass is 9.94. The van der Waals surface area contributed by atoms with Crippen LogP contribution in [-0.2, 0) is 4.79 Å². The van der Waals surface area contributed by atoms with Crippen molar-refractivity contribution in [3.63, 3.8) is 0 Å². The van der Waals surface area contributed by atoms with Gasteiger partial charge in [0.05, 0.1) is 5.56 Å². The molecule has 0 radical (unpaired) electrons. The van der Waals surface area contributed by atoms with Crippen molar-refractivity contribution >= 4 is 6.29 Å². The van der Waals surface area contributed by atoms with E-state index in [0.29, 0.717) is 12.0 Å². The molecule has 0 amide bonds. The van der Waals surface area contributed by atoms with Gasteiger partial charge in [0, 0.05) is 6.42 Å². The monoisotopic (exact) mass is 203 g/mol. The molecule has 0 aliphatic rings. The van der Waals surface area contributed by atoms with Crippen LogP contribution in [0.3, 0.4) is 0 Å². The molecule has 0 bridgehead atoms. The number of nitriles is 1. The van der Waals surface area contributed by atoms with Gasteiger partial charge >= 0.3 is 0 Å². The largest absolute Gasteiger partial charge is 0.506 e. The number of nitrogens with zero attached hydrogens (tertiary/aromatic N) is 1. The minimum absolute atomic E-state index is 0.0274. The molecule has 78 valence electrons. The molecule has 1 unspecified atom stereocenters. The van der Waals surface area contributed by atoms with E-state index in [4.69, 9.17) is 5.26 Å². The smallest absolute Gasteiger partial charge is 0.136 e. The number of hydrogen-bond acceptors (Lipinski definition) is 3. The Hall–Kier alpha value is -1.82. The fraction of sp³-hybridized carbons (Fsp3) is 0.333. The molecule has 0 saturated carbocycles. The third-order valence-electron chi connectivity index (χ3n) is 2.46. The lowest BCUT2D eigenvalue weighted by Gasteiger charge is -2.11. The highest BCUT2D eigenvalue weighted by atomic mass is 16.3. The molecular weight excluding hydrogens is 190 g/mol. The lowest BCUT2D eigenvalue weighted by molar-refractivity contribution is -0.108. The molecule has 1 atom stereocenters. The summed E-state index contributed by atoms with van der Waals surface area (Å²) >= 11 is 0.